The molecule has 1 aromatic heterocycles. The van der Waals surface area contributed by atoms with Gasteiger partial charge in [0.1, 0.15) is 5.75 Å². The van der Waals surface area contributed by atoms with Crippen LogP contribution in [0.1, 0.15) is 29.6 Å². The van der Waals surface area contributed by atoms with Gasteiger partial charge in [0.2, 0.25) is 10.0 Å². The van der Waals surface area contributed by atoms with Crippen molar-refractivity contribution >= 4 is 37.5 Å². The molecule has 0 atom stereocenters. The molecule has 0 unspecified atom stereocenters. The molecule has 1 aliphatic rings. The highest BCUT2D eigenvalue weighted by atomic mass is 32.2. The summed E-state index contributed by atoms with van der Waals surface area (Å²) in [6.45, 7) is 1.09. The summed E-state index contributed by atoms with van der Waals surface area (Å²) in [7, 11) is -0.0538. The number of piperidine rings is 1. The highest BCUT2D eigenvalue weighted by molar-refractivity contribution is 7.89. The van der Waals surface area contributed by atoms with Crippen molar-refractivity contribution in [2.75, 3.05) is 20.2 Å². The predicted molar refractivity (Wildman–Crippen MR) is 116 cm³/mol. The van der Waals surface area contributed by atoms with Gasteiger partial charge in [-0.3, -0.25) is 4.79 Å². The van der Waals surface area contributed by atoms with Crippen LogP contribution in [0.3, 0.4) is 0 Å². The van der Waals surface area contributed by atoms with Gasteiger partial charge in [-0.25, -0.2) is 8.42 Å². The minimum atomic E-state index is -3.52. The van der Waals surface area contributed by atoms with Gasteiger partial charge in [0.05, 0.1) is 22.2 Å². The van der Waals surface area contributed by atoms with Crippen molar-refractivity contribution in [1.82, 2.24) is 8.87 Å². The number of aromatic nitrogens is 1. The second-order valence-electron chi connectivity index (χ2n) is 7.18. The molecule has 1 aliphatic heterocycles. The number of sulfonamides is 1. The van der Waals surface area contributed by atoms with E-state index in [1.54, 1.807) is 7.11 Å². The summed E-state index contributed by atoms with van der Waals surface area (Å²) in [5, 5.41) is 0. The van der Waals surface area contributed by atoms with E-state index in [1.807, 2.05) is 29.8 Å². The number of hydrogen-bond acceptors (Lipinski definition) is 5. The molecule has 158 valence electrons. The molecular weight excluding hydrogens is 422 g/mol. The molecule has 0 spiro atoms. The van der Waals surface area contributed by atoms with Gasteiger partial charge in [0.25, 0.3) is 5.91 Å². The number of hydrogen-bond donors (Lipinski definition) is 0. The first-order chi connectivity index (χ1) is 14.4. The van der Waals surface area contributed by atoms with Gasteiger partial charge in [-0.2, -0.15) is 9.30 Å². The molecule has 1 amide bonds. The van der Waals surface area contributed by atoms with E-state index in [4.69, 9.17) is 4.74 Å². The van der Waals surface area contributed by atoms with Crippen molar-refractivity contribution in [1.29, 1.82) is 0 Å². The molecular formula is C21H23N3O4S2. The van der Waals surface area contributed by atoms with Crippen LogP contribution in [0.4, 0.5) is 0 Å². The maximum atomic E-state index is 12.8. The Hall–Kier alpha value is -2.49. The molecule has 3 aromatic rings. The van der Waals surface area contributed by atoms with E-state index < -0.39 is 15.9 Å². The standard InChI is InChI=1S/C21H23N3O4S2/c1-23-18-11-8-16(28-2)14-19(18)29-21(23)22-20(25)15-6-9-17(10-7-15)30(26,27)24-12-4-3-5-13-24/h6-11,14H,3-5,12-13H2,1-2H3. The second-order valence-corrected chi connectivity index (χ2v) is 10.1. The monoisotopic (exact) mass is 445 g/mol. The Kier molecular flexibility index (Phi) is 5.77. The maximum absolute atomic E-state index is 12.8. The number of ether oxygens (including phenoxy) is 1. The number of thiazole rings is 1. The lowest BCUT2D eigenvalue weighted by Gasteiger charge is -2.25. The summed E-state index contributed by atoms with van der Waals surface area (Å²) in [6, 6.07) is 11.7. The number of aryl methyl sites for hydroxylation is 1. The number of carbonyl (C=O) groups is 1. The van der Waals surface area contributed by atoms with E-state index in [-0.39, 0.29) is 4.90 Å². The highest BCUT2D eigenvalue weighted by Gasteiger charge is 2.25. The minimum absolute atomic E-state index is 0.209. The third-order valence-electron chi connectivity index (χ3n) is 5.27. The average Bonchev–Trinajstić information content (AvgIpc) is 3.08. The fourth-order valence-corrected chi connectivity index (χ4v) is 6.09. The van der Waals surface area contributed by atoms with Crippen LogP contribution < -0.4 is 9.54 Å². The number of benzene rings is 2. The third-order valence-corrected chi connectivity index (χ3v) is 8.28. The lowest BCUT2D eigenvalue weighted by Crippen LogP contribution is -2.35. The SMILES string of the molecule is COc1ccc2c(c1)sc(=NC(=O)c1ccc(S(=O)(=O)N3CCCCC3)cc1)n2C. The third kappa shape index (κ3) is 3.92. The van der Waals surface area contributed by atoms with E-state index in [2.05, 4.69) is 4.99 Å². The Labute approximate surface area is 179 Å². The number of nitrogens with zero attached hydrogens (tertiary/aromatic N) is 3. The molecule has 1 fully saturated rings. The van der Waals surface area contributed by atoms with Crippen molar-refractivity contribution in [3.05, 3.63) is 52.8 Å². The zero-order chi connectivity index (χ0) is 21.3. The van der Waals surface area contributed by atoms with Crippen LogP contribution >= 0.6 is 11.3 Å². The fraction of sp³-hybridized carbons (Fsp3) is 0.333. The number of methoxy groups -OCH3 is 1. The van der Waals surface area contributed by atoms with Crippen molar-refractivity contribution in [3.8, 4) is 5.75 Å². The van der Waals surface area contributed by atoms with Crippen molar-refractivity contribution < 1.29 is 17.9 Å². The van der Waals surface area contributed by atoms with Crippen LogP contribution in [-0.4, -0.2) is 43.4 Å². The highest BCUT2D eigenvalue weighted by Crippen LogP contribution is 2.23. The minimum Gasteiger partial charge on any atom is -0.497 e. The molecule has 0 radical (unpaired) electrons. The molecule has 0 bridgehead atoms. The van der Waals surface area contributed by atoms with Gasteiger partial charge in [0.15, 0.2) is 4.80 Å². The first-order valence-corrected chi connectivity index (χ1v) is 12.0. The number of amides is 1. The molecule has 4 rings (SSSR count). The Morgan fingerprint density at radius 2 is 1.77 bits per heavy atom. The molecule has 1 saturated heterocycles. The zero-order valence-electron chi connectivity index (χ0n) is 16.9. The van der Waals surface area contributed by atoms with Crippen LogP contribution in [0, 0.1) is 0 Å². The number of fused-ring (bicyclic) bond motifs is 1. The lowest BCUT2D eigenvalue weighted by molar-refractivity contribution is 0.0998. The molecule has 0 aliphatic carbocycles. The van der Waals surface area contributed by atoms with Gasteiger partial charge in [0, 0.05) is 25.7 Å². The van der Waals surface area contributed by atoms with Crippen LogP contribution in [0.15, 0.2) is 52.4 Å². The van der Waals surface area contributed by atoms with Crippen LogP contribution in [0.5, 0.6) is 5.75 Å². The van der Waals surface area contributed by atoms with E-state index in [0.717, 1.165) is 35.2 Å². The maximum Gasteiger partial charge on any atom is 0.279 e. The first kappa shape index (κ1) is 20.8. The zero-order valence-corrected chi connectivity index (χ0v) is 18.5. The summed E-state index contributed by atoms with van der Waals surface area (Å²) in [5.74, 6) is 0.332. The lowest BCUT2D eigenvalue weighted by atomic mass is 10.2. The van der Waals surface area contributed by atoms with Gasteiger partial charge in [-0.15, -0.1) is 0 Å². The van der Waals surface area contributed by atoms with Crippen LogP contribution in [0.2, 0.25) is 0 Å². The summed E-state index contributed by atoms with van der Waals surface area (Å²) in [5.41, 5.74) is 1.30. The normalized spacial score (nSPS) is 16.1. The predicted octanol–water partition coefficient (Wildman–Crippen LogP) is 3.16. The van der Waals surface area contributed by atoms with E-state index in [9.17, 15) is 13.2 Å². The fourth-order valence-electron chi connectivity index (χ4n) is 3.52. The smallest absolute Gasteiger partial charge is 0.279 e. The van der Waals surface area contributed by atoms with Crippen LogP contribution in [0.25, 0.3) is 10.2 Å². The molecule has 0 saturated carbocycles. The van der Waals surface area contributed by atoms with E-state index >= 15 is 0 Å². The molecule has 2 heterocycles. The van der Waals surface area contributed by atoms with Crippen molar-refractivity contribution in [2.24, 2.45) is 12.0 Å². The molecule has 7 nitrogen and oxygen atoms in total. The molecule has 0 N–H and O–H groups in total. The number of rotatable bonds is 4. The van der Waals surface area contributed by atoms with E-state index in [0.29, 0.717) is 23.5 Å². The summed E-state index contributed by atoms with van der Waals surface area (Å²) in [6.07, 6.45) is 2.82. The molecule has 30 heavy (non-hydrogen) atoms. The number of carbonyl (C=O) groups excluding carboxylic acids is 1. The first-order valence-electron chi connectivity index (χ1n) is 9.73. The average molecular weight is 446 g/mol. The van der Waals surface area contributed by atoms with Gasteiger partial charge < -0.3 is 9.30 Å². The summed E-state index contributed by atoms with van der Waals surface area (Å²) >= 11 is 1.40. The Balaban J connectivity index is 1.61. The Morgan fingerprint density at radius 1 is 1.07 bits per heavy atom. The second kappa shape index (κ2) is 8.33. The van der Waals surface area contributed by atoms with Crippen molar-refractivity contribution in [3.63, 3.8) is 0 Å². The molecule has 2 aromatic carbocycles. The summed E-state index contributed by atoms with van der Waals surface area (Å²) in [4.78, 5) is 17.7. The van der Waals surface area contributed by atoms with Gasteiger partial charge in [-0.1, -0.05) is 17.8 Å². The van der Waals surface area contributed by atoms with E-state index in [1.165, 1.54) is 39.9 Å². The Bertz CT molecular complexity index is 1250. The molecule has 9 heteroatoms. The van der Waals surface area contributed by atoms with Gasteiger partial charge >= 0.3 is 0 Å². The summed E-state index contributed by atoms with van der Waals surface area (Å²) < 4.78 is 35.1. The largest absolute Gasteiger partial charge is 0.497 e. The van der Waals surface area contributed by atoms with Crippen LogP contribution in [-0.2, 0) is 17.1 Å². The van der Waals surface area contributed by atoms with Gasteiger partial charge in [-0.05, 0) is 55.3 Å². The van der Waals surface area contributed by atoms with Crippen molar-refractivity contribution in [2.45, 2.75) is 24.2 Å². The quantitative estimate of drug-likeness (QED) is 0.618. The Morgan fingerprint density at radius 3 is 2.43 bits per heavy atom. The topological polar surface area (TPSA) is 81.0 Å².